The number of nitrogens with zero attached hydrogens (tertiary/aromatic N) is 7. The van der Waals surface area contributed by atoms with Crippen LogP contribution in [0.15, 0.2) is 41.1 Å². The second-order valence-corrected chi connectivity index (χ2v) is 6.10. The lowest BCUT2D eigenvalue weighted by molar-refractivity contribution is 0.455. The van der Waals surface area contributed by atoms with Gasteiger partial charge in [0.2, 0.25) is 0 Å². The van der Waals surface area contributed by atoms with Crippen LogP contribution in [0, 0.1) is 5.82 Å². The van der Waals surface area contributed by atoms with Gasteiger partial charge in [0.15, 0.2) is 11.2 Å². The van der Waals surface area contributed by atoms with Gasteiger partial charge in [0.25, 0.3) is 6.01 Å². The molecule has 0 amide bonds. The number of benzene rings is 1. The van der Waals surface area contributed by atoms with E-state index in [2.05, 4.69) is 25.2 Å². The molecule has 8 nitrogen and oxygen atoms in total. The number of likely N-dealkylation sites (N-methyl/N-ethyl adjacent to an activating group) is 1. The van der Waals surface area contributed by atoms with Crippen LogP contribution >= 0.6 is 0 Å². The summed E-state index contributed by atoms with van der Waals surface area (Å²) in [5.41, 5.74) is 1.83. The summed E-state index contributed by atoms with van der Waals surface area (Å²) in [6.07, 6.45) is 1.58. The second kappa shape index (κ2) is 5.13. The Morgan fingerprint density at radius 1 is 1.24 bits per heavy atom. The molecule has 0 unspecified atom stereocenters. The summed E-state index contributed by atoms with van der Waals surface area (Å²) < 4.78 is 20.6. The minimum Gasteiger partial charge on any atom is -0.423 e. The number of rotatable bonds is 3. The van der Waals surface area contributed by atoms with Crippen LogP contribution in [-0.4, -0.2) is 51.0 Å². The molecule has 0 saturated carbocycles. The lowest BCUT2D eigenvalue weighted by Crippen LogP contribution is -2.59. The number of anilines is 2. The average Bonchev–Trinajstić information content (AvgIpc) is 3.18. The summed E-state index contributed by atoms with van der Waals surface area (Å²) in [5, 5.41) is 12.3. The number of aromatic nitrogens is 5. The molecule has 0 radical (unpaired) electrons. The first kappa shape index (κ1) is 14.1. The van der Waals surface area contributed by atoms with E-state index >= 15 is 0 Å². The Hall–Kier alpha value is -3.23. The summed E-state index contributed by atoms with van der Waals surface area (Å²) in [6.45, 7) is 1.59. The van der Waals surface area contributed by atoms with Crippen LogP contribution in [0.4, 0.5) is 16.2 Å². The maximum Gasteiger partial charge on any atom is 0.298 e. The van der Waals surface area contributed by atoms with Crippen molar-refractivity contribution in [2.75, 3.05) is 29.9 Å². The molecule has 126 valence electrons. The maximum atomic E-state index is 13.3. The molecule has 0 bridgehead atoms. The molecule has 0 atom stereocenters. The molecule has 5 rings (SSSR count). The van der Waals surface area contributed by atoms with Crippen LogP contribution in [0.3, 0.4) is 0 Å². The first-order chi connectivity index (χ1) is 12.2. The van der Waals surface area contributed by atoms with E-state index in [-0.39, 0.29) is 11.9 Å². The SMILES string of the molecule is CN(c1nc2ccc(F)cc2o1)C1CN(c2ccc3nncn3n2)C1. The number of fused-ring (bicyclic) bond motifs is 2. The van der Waals surface area contributed by atoms with Gasteiger partial charge in [-0.2, -0.15) is 9.50 Å². The van der Waals surface area contributed by atoms with E-state index < -0.39 is 0 Å². The predicted molar refractivity (Wildman–Crippen MR) is 89.2 cm³/mol. The molecule has 1 fully saturated rings. The first-order valence-corrected chi connectivity index (χ1v) is 7.88. The first-order valence-electron chi connectivity index (χ1n) is 7.88. The van der Waals surface area contributed by atoms with Crippen molar-refractivity contribution >= 4 is 28.6 Å². The molecule has 25 heavy (non-hydrogen) atoms. The molecule has 0 N–H and O–H groups in total. The Balaban J connectivity index is 1.33. The topological polar surface area (TPSA) is 75.6 Å². The third-order valence-corrected chi connectivity index (χ3v) is 4.52. The predicted octanol–water partition coefficient (Wildman–Crippen LogP) is 1.73. The molecule has 0 spiro atoms. The molecule has 1 aliphatic heterocycles. The molecule has 1 aliphatic rings. The number of hydrogen-bond donors (Lipinski definition) is 0. The van der Waals surface area contributed by atoms with Crippen molar-refractivity contribution in [3.05, 3.63) is 42.5 Å². The zero-order valence-electron chi connectivity index (χ0n) is 13.4. The molecule has 9 heteroatoms. The van der Waals surface area contributed by atoms with Crippen LogP contribution in [0.2, 0.25) is 0 Å². The quantitative estimate of drug-likeness (QED) is 0.562. The fourth-order valence-corrected chi connectivity index (χ4v) is 2.97. The average molecular weight is 339 g/mol. The highest BCUT2D eigenvalue weighted by Crippen LogP contribution is 2.27. The second-order valence-electron chi connectivity index (χ2n) is 6.10. The van der Waals surface area contributed by atoms with Crippen LogP contribution in [0.25, 0.3) is 16.7 Å². The van der Waals surface area contributed by atoms with E-state index in [0.717, 1.165) is 24.6 Å². The van der Waals surface area contributed by atoms with Gasteiger partial charge in [-0.3, -0.25) is 0 Å². The molecule has 4 aromatic rings. The molecule has 1 saturated heterocycles. The van der Waals surface area contributed by atoms with Crippen LogP contribution < -0.4 is 9.80 Å². The van der Waals surface area contributed by atoms with E-state index in [1.54, 1.807) is 16.9 Å². The standard InChI is InChI=1S/C16H14FN7O/c1-22(16-19-12-3-2-10(17)6-13(12)25-16)11-7-23(8-11)15-5-4-14-20-18-9-24(14)21-15/h2-6,9,11H,7-8H2,1H3. The Morgan fingerprint density at radius 2 is 2.12 bits per heavy atom. The fraction of sp³-hybridized carbons (Fsp3) is 0.250. The molecule has 1 aromatic carbocycles. The van der Waals surface area contributed by atoms with E-state index in [1.165, 1.54) is 12.1 Å². The molecule has 3 aromatic heterocycles. The van der Waals surface area contributed by atoms with Crippen LogP contribution in [0.5, 0.6) is 0 Å². The zero-order chi connectivity index (χ0) is 17.0. The third-order valence-electron chi connectivity index (χ3n) is 4.52. The highest BCUT2D eigenvalue weighted by Gasteiger charge is 2.33. The summed E-state index contributed by atoms with van der Waals surface area (Å²) >= 11 is 0. The van der Waals surface area contributed by atoms with Gasteiger partial charge in [-0.05, 0) is 24.3 Å². The van der Waals surface area contributed by atoms with Gasteiger partial charge in [-0.25, -0.2) is 4.39 Å². The van der Waals surface area contributed by atoms with Crippen molar-refractivity contribution in [2.45, 2.75) is 6.04 Å². The van der Waals surface area contributed by atoms with Gasteiger partial charge in [0, 0.05) is 26.2 Å². The normalized spacial score (nSPS) is 15.0. The number of halogens is 1. The Kier molecular flexibility index (Phi) is 2.90. The fourth-order valence-electron chi connectivity index (χ4n) is 2.97. The van der Waals surface area contributed by atoms with Crippen LogP contribution in [-0.2, 0) is 0 Å². The van der Waals surface area contributed by atoms with Crippen molar-refractivity contribution < 1.29 is 8.81 Å². The Morgan fingerprint density at radius 3 is 3.00 bits per heavy atom. The van der Waals surface area contributed by atoms with Crippen LogP contribution in [0.1, 0.15) is 0 Å². The van der Waals surface area contributed by atoms with Gasteiger partial charge >= 0.3 is 0 Å². The van der Waals surface area contributed by atoms with Crippen molar-refractivity contribution in [1.82, 2.24) is 24.8 Å². The van der Waals surface area contributed by atoms with Crippen molar-refractivity contribution in [3.63, 3.8) is 0 Å². The Labute approximate surface area is 141 Å². The number of oxazole rings is 1. The van der Waals surface area contributed by atoms with E-state index in [1.807, 2.05) is 24.1 Å². The monoisotopic (exact) mass is 339 g/mol. The van der Waals surface area contributed by atoms with Crippen molar-refractivity contribution in [2.24, 2.45) is 0 Å². The largest absolute Gasteiger partial charge is 0.423 e. The van der Waals surface area contributed by atoms with E-state index in [0.29, 0.717) is 17.1 Å². The minimum absolute atomic E-state index is 0.247. The Bertz CT molecular complexity index is 1070. The summed E-state index contributed by atoms with van der Waals surface area (Å²) in [4.78, 5) is 8.56. The maximum absolute atomic E-state index is 13.3. The third kappa shape index (κ3) is 2.27. The molecular formula is C16H14FN7O. The van der Waals surface area contributed by atoms with Gasteiger partial charge in [-0.15, -0.1) is 15.3 Å². The van der Waals surface area contributed by atoms with E-state index in [4.69, 9.17) is 4.42 Å². The zero-order valence-corrected chi connectivity index (χ0v) is 13.4. The lowest BCUT2D eigenvalue weighted by atomic mass is 10.1. The lowest BCUT2D eigenvalue weighted by Gasteiger charge is -2.43. The van der Waals surface area contributed by atoms with Gasteiger partial charge in [0.1, 0.15) is 23.5 Å². The minimum atomic E-state index is -0.330. The highest BCUT2D eigenvalue weighted by molar-refractivity contribution is 5.74. The van der Waals surface area contributed by atoms with Gasteiger partial charge < -0.3 is 14.2 Å². The summed E-state index contributed by atoms with van der Waals surface area (Å²) in [6, 6.07) is 8.92. The summed E-state index contributed by atoms with van der Waals surface area (Å²) in [5.74, 6) is 0.541. The van der Waals surface area contributed by atoms with E-state index in [9.17, 15) is 4.39 Å². The summed E-state index contributed by atoms with van der Waals surface area (Å²) in [7, 11) is 1.93. The molecule has 0 aliphatic carbocycles. The van der Waals surface area contributed by atoms with Gasteiger partial charge in [-0.1, -0.05) is 0 Å². The molecular weight excluding hydrogens is 325 g/mol. The van der Waals surface area contributed by atoms with Gasteiger partial charge in [0.05, 0.1) is 6.04 Å². The highest BCUT2D eigenvalue weighted by atomic mass is 19.1. The smallest absolute Gasteiger partial charge is 0.298 e. The molecule has 4 heterocycles. The van der Waals surface area contributed by atoms with Crippen molar-refractivity contribution in [1.29, 1.82) is 0 Å². The number of hydrogen-bond acceptors (Lipinski definition) is 7. The van der Waals surface area contributed by atoms with Crippen molar-refractivity contribution in [3.8, 4) is 0 Å².